The second kappa shape index (κ2) is 6.72. The fourth-order valence-electron chi connectivity index (χ4n) is 1.70. The molecule has 2 rings (SSSR count). The van der Waals surface area contributed by atoms with Crippen LogP contribution in [-0.2, 0) is 4.74 Å². The van der Waals surface area contributed by atoms with Crippen LogP contribution >= 0.6 is 0 Å². The number of hydrogen-bond donors (Lipinski definition) is 0. The zero-order valence-corrected chi connectivity index (χ0v) is 10.9. The Balaban J connectivity index is 1.82. The lowest BCUT2D eigenvalue weighted by atomic mass is 10.2. The molecule has 0 aliphatic rings. The molecule has 19 heavy (non-hydrogen) atoms. The lowest BCUT2D eigenvalue weighted by Crippen LogP contribution is -2.22. The number of nitrogens with zero attached hydrogens (tertiary/aromatic N) is 3. The summed E-state index contributed by atoms with van der Waals surface area (Å²) in [4.78, 5) is 17.5. The largest absolute Gasteiger partial charge is 0.535 e. The van der Waals surface area contributed by atoms with Crippen LogP contribution in [0.3, 0.4) is 0 Å². The van der Waals surface area contributed by atoms with E-state index in [0.717, 1.165) is 30.5 Å². The number of fused-ring (bicyclic) bond motifs is 1. The van der Waals surface area contributed by atoms with E-state index in [0.29, 0.717) is 17.6 Å². The number of carbonyl (C=O) groups is 1. The lowest BCUT2D eigenvalue weighted by molar-refractivity contribution is 0.0385. The van der Waals surface area contributed by atoms with Gasteiger partial charge in [-0.25, -0.2) is 4.79 Å². The molecule has 102 valence electrons. The third-order valence-corrected chi connectivity index (χ3v) is 2.70. The van der Waals surface area contributed by atoms with Gasteiger partial charge in [-0.05, 0) is 23.8 Å². The molecular weight excluding hydrogens is 246 g/mol. The fraction of sp³-hybridized carbons (Fsp3) is 0.462. The highest BCUT2D eigenvalue weighted by atomic mass is 16.8. The van der Waals surface area contributed by atoms with E-state index in [1.54, 1.807) is 12.1 Å². The minimum atomic E-state index is -0.757. The molecule has 0 bridgehead atoms. The zero-order chi connectivity index (χ0) is 13.5. The van der Waals surface area contributed by atoms with Crippen LogP contribution in [-0.4, -0.2) is 27.9 Å². The molecule has 0 radical (unpaired) electrons. The van der Waals surface area contributed by atoms with Crippen molar-refractivity contribution >= 4 is 17.2 Å². The van der Waals surface area contributed by atoms with Crippen molar-refractivity contribution in [3.63, 3.8) is 0 Å². The van der Waals surface area contributed by atoms with E-state index >= 15 is 0 Å². The number of ether oxygens (including phenoxy) is 1. The van der Waals surface area contributed by atoms with Crippen LogP contribution in [0.5, 0.6) is 0 Å². The summed E-state index contributed by atoms with van der Waals surface area (Å²) in [6.45, 7) is 2.50. The molecule has 0 fully saturated rings. The Morgan fingerprint density at radius 1 is 1.26 bits per heavy atom. The average Bonchev–Trinajstić information content (AvgIpc) is 2.82. The Labute approximate surface area is 111 Å². The van der Waals surface area contributed by atoms with Gasteiger partial charge in [-0.1, -0.05) is 43.2 Å². The second-order valence-electron chi connectivity index (χ2n) is 4.20. The van der Waals surface area contributed by atoms with Gasteiger partial charge in [0.1, 0.15) is 11.0 Å². The molecule has 0 aliphatic heterocycles. The molecule has 0 spiro atoms. The number of unbranched alkanes of at least 4 members (excludes halogenated alkanes) is 3. The van der Waals surface area contributed by atoms with E-state index in [1.165, 1.54) is 0 Å². The van der Waals surface area contributed by atoms with Crippen molar-refractivity contribution in [3.05, 3.63) is 24.3 Å². The van der Waals surface area contributed by atoms with E-state index in [9.17, 15) is 4.79 Å². The number of carbonyl (C=O) groups excluding carboxylic acids is 1. The lowest BCUT2D eigenvalue weighted by Gasteiger charge is -2.04. The highest BCUT2D eigenvalue weighted by molar-refractivity contribution is 5.74. The molecular formula is C13H17N3O3. The predicted octanol–water partition coefficient (Wildman–Crippen LogP) is 2.58. The number of benzene rings is 1. The summed E-state index contributed by atoms with van der Waals surface area (Å²) in [5, 5.41) is 7.61. The smallest absolute Gasteiger partial charge is 0.433 e. The molecule has 1 aromatic carbocycles. The Morgan fingerprint density at radius 3 is 2.95 bits per heavy atom. The molecule has 6 heteroatoms. The first-order valence-electron chi connectivity index (χ1n) is 6.47. The molecule has 6 nitrogen and oxygen atoms in total. The summed E-state index contributed by atoms with van der Waals surface area (Å²) in [6, 6.07) is 7.22. The van der Waals surface area contributed by atoms with Crippen LogP contribution in [0.15, 0.2) is 24.3 Å². The van der Waals surface area contributed by atoms with Crippen molar-refractivity contribution in [2.45, 2.75) is 32.6 Å². The van der Waals surface area contributed by atoms with Gasteiger partial charge in [-0.3, -0.25) is 4.84 Å². The number of rotatable bonds is 6. The molecule has 2 aromatic rings. The molecule has 0 saturated heterocycles. The van der Waals surface area contributed by atoms with Gasteiger partial charge in [0.2, 0.25) is 0 Å². The van der Waals surface area contributed by atoms with Crippen LogP contribution in [0.25, 0.3) is 11.0 Å². The monoisotopic (exact) mass is 263 g/mol. The Bertz CT molecular complexity index is 539. The standard InChI is InChI=1S/C13H17N3O3/c1-2-3-4-7-10-18-13(17)19-16-12-9-6-5-8-11(12)14-15-16/h5-6,8-9H,2-4,7,10H2,1H3. The third-order valence-electron chi connectivity index (χ3n) is 2.70. The summed E-state index contributed by atoms with van der Waals surface area (Å²) in [6.07, 6.45) is 3.44. The van der Waals surface area contributed by atoms with Crippen LogP contribution in [0.4, 0.5) is 4.79 Å². The first-order valence-corrected chi connectivity index (χ1v) is 6.47. The van der Waals surface area contributed by atoms with Crippen molar-refractivity contribution in [1.82, 2.24) is 15.2 Å². The third kappa shape index (κ3) is 3.67. The van der Waals surface area contributed by atoms with Crippen LogP contribution < -0.4 is 4.84 Å². The molecule has 0 atom stereocenters. The first-order chi connectivity index (χ1) is 9.31. The van der Waals surface area contributed by atoms with Gasteiger partial charge in [0.25, 0.3) is 0 Å². The summed E-state index contributed by atoms with van der Waals surface area (Å²) in [5.41, 5.74) is 1.30. The maximum absolute atomic E-state index is 11.5. The molecule has 0 unspecified atom stereocenters. The topological polar surface area (TPSA) is 66.2 Å². The van der Waals surface area contributed by atoms with Gasteiger partial charge < -0.3 is 4.74 Å². The molecule has 0 amide bonds. The molecule has 1 aromatic heterocycles. The number of para-hydroxylation sites is 1. The maximum atomic E-state index is 11.5. The highest BCUT2D eigenvalue weighted by Crippen LogP contribution is 2.08. The quantitative estimate of drug-likeness (QED) is 0.455. The van der Waals surface area contributed by atoms with Gasteiger partial charge >= 0.3 is 6.16 Å². The highest BCUT2D eigenvalue weighted by Gasteiger charge is 2.10. The predicted molar refractivity (Wildman–Crippen MR) is 69.6 cm³/mol. The molecule has 0 N–H and O–H groups in total. The van der Waals surface area contributed by atoms with Crippen molar-refractivity contribution in [1.29, 1.82) is 0 Å². The van der Waals surface area contributed by atoms with Crippen LogP contribution in [0, 0.1) is 0 Å². The van der Waals surface area contributed by atoms with E-state index < -0.39 is 6.16 Å². The Kier molecular flexibility index (Phi) is 4.72. The molecule has 0 saturated carbocycles. The van der Waals surface area contributed by atoms with E-state index in [2.05, 4.69) is 17.2 Å². The van der Waals surface area contributed by atoms with E-state index in [4.69, 9.17) is 9.57 Å². The van der Waals surface area contributed by atoms with E-state index in [1.807, 2.05) is 12.1 Å². The maximum Gasteiger partial charge on any atom is 0.535 e. The fourth-order valence-corrected chi connectivity index (χ4v) is 1.70. The average molecular weight is 263 g/mol. The molecule has 1 heterocycles. The van der Waals surface area contributed by atoms with Gasteiger partial charge in [0, 0.05) is 0 Å². The minimum Gasteiger partial charge on any atom is -0.433 e. The van der Waals surface area contributed by atoms with Gasteiger partial charge in [0.05, 0.1) is 6.61 Å². The summed E-state index contributed by atoms with van der Waals surface area (Å²) in [5.74, 6) is 0. The first kappa shape index (κ1) is 13.3. The summed E-state index contributed by atoms with van der Waals surface area (Å²) < 4.78 is 4.96. The normalized spacial score (nSPS) is 10.6. The van der Waals surface area contributed by atoms with Gasteiger partial charge in [-0.15, -0.1) is 5.10 Å². The Hall–Kier alpha value is -2.11. The van der Waals surface area contributed by atoms with Crippen molar-refractivity contribution in [2.24, 2.45) is 0 Å². The van der Waals surface area contributed by atoms with Crippen molar-refractivity contribution < 1.29 is 14.4 Å². The zero-order valence-electron chi connectivity index (χ0n) is 10.9. The SMILES string of the molecule is CCCCCCOC(=O)On1nnc2ccccc21. The molecule has 0 aliphatic carbocycles. The van der Waals surface area contributed by atoms with E-state index in [-0.39, 0.29) is 0 Å². The number of aromatic nitrogens is 3. The minimum absolute atomic E-state index is 0.367. The van der Waals surface area contributed by atoms with Gasteiger partial charge in [-0.2, -0.15) is 0 Å². The van der Waals surface area contributed by atoms with Crippen molar-refractivity contribution in [3.8, 4) is 0 Å². The number of hydrogen-bond acceptors (Lipinski definition) is 5. The van der Waals surface area contributed by atoms with Gasteiger partial charge in [0.15, 0.2) is 0 Å². The van der Waals surface area contributed by atoms with Crippen LogP contribution in [0.2, 0.25) is 0 Å². The second-order valence-corrected chi connectivity index (χ2v) is 4.20. The van der Waals surface area contributed by atoms with Crippen LogP contribution in [0.1, 0.15) is 32.6 Å². The Morgan fingerprint density at radius 2 is 2.11 bits per heavy atom. The summed E-state index contributed by atoms with van der Waals surface area (Å²) >= 11 is 0. The van der Waals surface area contributed by atoms with Crippen molar-refractivity contribution in [2.75, 3.05) is 6.61 Å². The summed E-state index contributed by atoms with van der Waals surface area (Å²) in [7, 11) is 0.